The second-order valence-electron chi connectivity index (χ2n) is 4.20. The number of rotatable bonds is 5. The van der Waals surface area contributed by atoms with E-state index in [0.29, 0.717) is 0 Å². The summed E-state index contributed by atoms with van der Waals surface area (Å²) in [5, 5.41) is 4.06. The number of nitrogens with one attached hydrogen (secondary N) is 1. The number of ketones is 1. The van der Waals surface area contributed by atoms with E-state index < -0.39 is 24.2 Å². The van der Waals surface area contributed by atoms with Crippen molar-refractivity contribution in [3.05, 3.63) is 46.7 Å². The lowest BCUT2D eigenvalue weighted by atomic mass is 10.1. The number of hydrogen-bond donors (Lipinski definition) is 1. The molecule has 1 aromatic heterocycles. The van der Waals surface area contributed by atoms with Crippen molar-refractivity contribution < 1.29 is 23.5 Å². The Kier molecular flexibility index (Phi) is 4.95. The average Bonchev–Trinajstić information content (AvgIpc) is 2.92. The molecule has 8 heteroatoms. The Balaban J connectivity index is 1.95. The van der Waals surface area contributed by atoms with Crippen LogP contribution in [0.3, 0.4) is 0 Å². The minimum Gasteiger partial charge on any atom is -0.453 e. The predicted octanol–water partition coefficient (Wildman–Crippen LogP) is 2.28. The monoisotopic (exact) mass is 322 g/mol. The molecule has 1 heterocycles. The zero-order valence-electron chi connectivity index (χ0n) is 11.5. The summed E-state index contributed by atoms with van der Waals surface area (Å²) < 4.78 is 18.2. The number of thiazole rings is 1. The van der Waals surface area contributed by atoms with Gasteiger partial charge in [-0.1, -0.05) is 12.1 Å². The highest BCUT2D eigenvalue weighted by atomic mass is 32.1. The molecule has 1 amide bonds. The van der Waals surface area contributed by atoms with Gasteiger partial charge in [0.05, 0.1) is 5.56 Å². The van der Waals surface area contributed by atoms with Crippen LogP contribution in [0.15, 0.2) is 29.6 Å². The molecule has 0 bridgehead atoms. The first kappa shape index (κ1) is 15.8. The van der Waals surface area contributed by atoms with Crippen molar-refractivity contribution >= 4 is 34.1 Å². The second-order valence-corrected chi connectivity index (χ2v) is 5.06. The van der Waals surface area contributed by atoms with E-state index in [4.69, 9.17) is 4.74 Å². The second kappa shape index (κ2) is 6.90. The van der Waals surface area contributed by atoms with Crippen LogP contribution in [-0.2, 0) is 9.53 Å². The number of Topliss-reactive ketones (excluding diaryl/α,β-unsaturated/α-hetero) is 1. The SMILES string of the molecule is CC(=O)Nc1nc(C(=O)OCC(=O)c2ccccc2F)cs1. The number of ether oxygens (including phenoxy) is 1. The van der Waals surface area contributed by atoms with Crippen LogP contribution >= 0.6 is 11.3 Å². The van der Waals surface area contributed by atoms with Crippen molar-refractivity contribution in [3.63, 3.8) is 0 Å². The van der Waals surface area contributed by atoms with Gasteiger partial charge in [0, 0.05) is 12.3 Å². The van der Waals surface area contributed by atoms with Crippen molar-refractivity contribution in [1.82, 2.24) is 4.98 Å². The normalized spacial score (nSPS) is 10.1. The Morgan fingerprint density at radius 1 is 1.32 bits per heavy atom. The summed E-state index contributed by atoms with van der Waals surface area (Å²) in [6.07, 6.45) is 0. The zero-order valence-corrected chi connectivity index (χ0v) is 12.3. The van der Waals surface area contributed by atoms with Gasteiger partial charge in [0.25, 0.3) is 0 Å². The van der Waals surface area contributed by atoms with Crippen molar-refractivity contribution in [2.24, 2.45) is 0 Å². The Morgan fingerprint density at radius 3 is 2.73 bits per heavy atom. The number of aromatic nitrogens is 1. The number of benzene rings is 1. The highest BCUT2D eigenvalue weighted by Gasteiger charge is 2.17. The first-order chi connectivity index (χ1) is 10.5. The van der Waals surface area contributed by atoms with E-state index in [9.17, 15) is 18.8 Å². The molecular formula is C14H11FN2O4S. The molecule has 0 atom stereocenters. The van der Waals surface area contributed by atoms with E-state index in [-0.39, 0.29) is 22.3 Å². The molecule has 0 saturated heterocycles. The highest BCUT2D eigenvalue weighted by Crippen LogP contribution is 2.16. The number of halogens is 1. The Morgan fingerprint density at radius 2 is 2.05 bits per heavy atom. The summed E-state index contributed by atoms with van der Waals surface area (Å²) in [6, 6.07) is 5.42. The zero-order chi connectivity index (χ0) is 16.1. The first-order valence-electron chi connectivity index (χ1n) is 6.15. The smallest absolute Gasteiger partial charge is 0.358 e. The number of carbonyl (C=O) groups excluding carboxylic acids is 3. The predicted molar refractivity (Wildman–Crippen MR) is 77.4 cm³/mol. The quantitative estimate of drug-likeness (QED) is 0.674. The van der Waals surface area contributed by atoms with Gasteiger partial charge < -0.3 is 10.1 Å². The summed E-state index contributed by atoms with van der Waals surface area (Å²) in [4.78, 5) is 38.2. The lowest BCUT2D eigenvalue weighted by Crippen LogP contribution is -2.15. The molecule has 0 aliphatic heterocycles. The van der Waals surface area contributed by atoms with Gasteiger partial charge in [0.2, 0.25) is 11.7 Å². The molecular weight excluding hydrogens is 311 g/mol. The summed E-state index contributed by atoms with van der Waals surface area (Å²) in [6.45, 7) is 0.721. The number of carbonyl (C=O) groups is 3. The van der Waals surface area contributed by atoms with E-state index in [1.54, 1.807) is 0 Å². The number of esters is 1. The number of hydrogen-bond acceptors (Lipinski definition) is 6. The number of anilines is 1. The highest BCUT2D eigenvalue weighted by molar-refractivity contribution is 7.14. The van der Waals surface area contributed by atoms with Crippen molar-refractivity contribution in [2.75, 3.05) is 11.9 Å². The summed E-state index contributed by atoms with van der Waals surface area (Å²) in [5.41, 5.74) is -0.178. The average molecular weight is 322 g/mol. The molecule has 2 aromatic rings. The van der Waals surface area contributed by atoms with Crippen molar-refractivity contribution in [2.45, 2.75) is 6.92 Å². The van der Waals surface area contributed by atoms with E-state index >= 15 is 0 Å². The maximum atomic E-state index is 13.4. The summed E-state index contributed by atoms with van der Waals surface area (Å²) in [5.74, 6) is -2.46. The van der Waals surface area contributed by atoms with Gasteiger partial charge in [-0.2, -0.15) is 0 Å². The van der Waals surface area contributed by atoms with Gasteiger partial charge in [-0.3, -0.25) is 9.59 Å². The van der Waals surface area contributed by atoms with Gasteiger partial charge in [0.15, 0.2) is 17.4 Å². The Labute approximate surface area is 128 Å². The number of amides is 1. The van der Waals surface area contributed by atoms with E-state index in [2.05, 4.69) is 10.3 Å². The molecule has 114 valence electrons. The molecule has 0 fully saturated rings. The van der Waals surface area contributed by atoms with Gasteiger partial charge in [-0.05, 0) is 12.1 Å². The van der Waals surface area contributed by atoms with Gasteiger partial charge in [-0.15, -0.1) is 11.3 Å². The fourth-order valence-corrected chi connectivity index (χ4v) is 2.27. The molecule has 0 aliphatic carbocycles. The van der Waals surface area contributed by atoms with E-state index in [1.807, 2.05) is 0 Å². The molecule has 22 heavy (non-hydrogen) atoms. The standard InChI is InChI=1S/C14H11FN2O4S/c1-8(18)16-14-17-11(7-22-14)13(20)21-6-12(19)9-4-2-3-5-10(9)15/h2-5,7H,6H2,1H3,(H,16,17,18). The van der Waals surface area contributed by atoms with Crippen LogP contribution in [0.4, 0.5) is 9.52 Å². The fourth-order valence-electron chi connectivity index (χ4n) is 1.55. The van der Waals surface area contributed by atoms with Crippen LogP contribution in [0.2, 0.25) is 0 Å². The van der Waals surface area contributed by atoms with E-state index in [0.717, 1.165) is 17.4 Å². The van der Waals surface area contributed by atoms with Crippen LogP contribution in [0.5, 0.6) is 0 Å². The third-order valence-electron chi connectivity index (χ3n) is 2.50. The van der Waals surface area contributed by atoms with Crippen LogP contribution in [0, 0.1) is 5.82 Å². The molecule has 0 spiro atoms. The van der Waals surface area contributed by atoms with E-state index in [1.165, 1.54) is 30.5 Å². The van der Waals surface area contributed by atoms with Gasteiger partial charge in [0.1, 0.15) is 5.82 Å². The van der Waals surface area contributed by atoms with Gasteiger partial charge in [-0.25, -0.2) is 14.2 Å². The van der Waals surface area contributed by atoms with Gasteiger partial charge >= 0.3 is 5.97 Å². The third kappa shape index (κ3) is 3.95. The first-order valence-corrected chi connectivity index (χ1v) is 7.03. The van der Waals surface area contributed by atoms with Crippen molar-refractivity contribution in [1.29, 1.82) is 0 Å². The molecule has 1 N–H and O–H groups in total. The Hall–Kier alpha value is -2.61. The molecule has 0 unspecified atom stereocenters. The number of nitrogens with zero attached hydrogens (tertiary/aromatic N) is 1. The Bertz CT molecular complexity index is 729. The minimum absolute atomic E-state index is 0.0323. The van der Waals surface area contributed by atoms with Crippen LogP contribution < -0.4 is 5.32 Å². The maximum absolute atomic E-state index is 13.4. The largest absolute Gasteiger partial charge is 0.453 e. The summed E-state index contributed by atoms with van der Waals surface area (Å²) in [7, 11) is 0. The lowest BCUT2D eigenvalue weighted by molar-refractivity contribution is -0.114. The topological polar surface area (TPSA) is 85.4 Å². The summed E-state index contributed by atoms with van der Waals surface area (Å²) >= 11 is 1.05. The minimum atomic E-state index is -0.822. The molecule has 0 saturated carbocycles. The molecule has 0 radical (unpaired) electrons. The third-order valence-corrected chi connectivity index (χ3v) is 3.26. The van der Waals surface area contributed by atoms with Crippen LogP contribution in [0.25, 0.3) is 0 Å². The van der Waals surface area contributed by atoms with Crippen LogP contribution in [-0.4, -0.2) is 29.3 Å². The maximum Gasteiger partial charge on any atom is 0.358 e. The molecule has 6 nitrogen and oxygen atoms in total. The molecule has 1 aromatic carbocycles. The van der Waals surface area contributed by atoms with Crippen molar-refractivity contribution in [3.8, 4) is 0 Å². The molecule has 2 rings (SSSR count). The van der Waals surface area contributed by atoms with Crippen LogP contribution in [0.1, 0.15) is 27.8 Å². The lowest BCUT2D eigenvalue weighted by Gasteiger charge is -2.03. The fraction of sp³-hybridized carbons (Fsp3) is 0.143. The molecule has 0 aliphatic rings.